The maximum atomic E-state index is 12.8. The van der Waals surface area contributed by atoms with Crippen molar-refractivity contribution in [3.63, 3.8) is 0 Å². The van der Waals surface area contributed by atoms with Gasteiger partial charge in [-0.1, -0.05) is 24.3 Å². The van der Waals surface area contributed by atoms with Gasteiger partial charge in [-0.3, -0.25) is 0 Å². The normalized spacial score (nSPS) is 12.7. The van der Waals surface area contributed by atoms with Gasteiger partial charge in [0.15, 0.2) is 0 Å². The fraction of sp³-hybridized carbons (Fsp3) is 0.0667. The Balaban J connectivity index is 2.24. The van der Waals surface area contributed by atoms with Crippen LogP contribution in [0.2, 0.25) is 0 Å². The zero-order chi connectivity index (χ0) is 16.0. The molecule has 1 aromatic heterocycles. The van der Waals surface area contributed by atoms with Gasteiger partial charge in [-0.05, 0) is 30.3 Å². The summed E-state index contributed by atoms with van der Waals surface area (Å²) < 4.78 is 64.4. The molecule has 2 aromatic carbocycles. The molecule has 0 fully saturated rings. The first-order chi connectivity index (χ1) is 10.3. The van der Waals surface area contributed by atoms with Gasteiger partial charge in [0.25, 0.3) is 10.0 Å². The van der Waals surface area contributed by atoms with Crippen LogP contribution in [0.3, 0.4) is 0 Å². The van der Waals surface area contributed by atoms with Crippen LogP contribution in [0.1, 0.15) is 5.56 Å². The van der Waals surface area contributed by atoms with Crippen LogP contribution in [0.25, 0.3) is 10.9 Å². The zero-order valence-corrected chi connectivity index (χ0v) is 11.9. The highest BCUT2D eigenvalue weighted by Crippen LogP contribution is 2.32. The number of hydrogen-bond acceptors (Lipinski definition) is 2. The molecule has 0 aliphatic heterocycles. The van der Waals surface area contributed by atoms with Crippen LogP contribution in [0.5, 0.6) is 0 Å². The number of alkyl halides is 3. The van der Waals surface area contributed by atoms with E-state index in [9.17, 15) is 21.6 Å². The van der Waals surface area contributed by atoms with Gasteiger partial charge in [0, 0.05) is 11.6 Å². The van der Waals surface area contributed by atoms with Gasteiger partial charge in [0.05, 0.1) is 16.0 Å². The lowest BCUT2D eigenvalue weighted by molar-refractivity contribution is -0.137. The van der Waals surface area contributed by atoms with Crippen LogP contribution >= 0.6 is 0 Å². The van der Waals surface area contributed by atoms with Crippen LogP contribution in [-0.2, 0) is 16.2 Å². The maximum absolute atomic E-state index is 12.8. The van der Waals surface area contributed by atoms with Gasteiger partial charge < -0.3 is 0 Å². The van der Waals surface area contributed by atoms with E-state index < -0.39 is 21.8 Å². The van der Waals surface area contributed by atoms with Crippen molar-refractivity contribution >= 4 is 20.9 Å². The third-order valence-corrected chi connectivity index (χ3v) is 4.99. The summed E-state index contributed by atoms with van der Waals surface area (Å²) in [5.41, 5.74) is -0.887. The van der Waals surface area contributed by atoms with E-state index in [2.05, 4.69) is 0 Å². The van der Waals surface area contributed by atoms with Crippen molar-refractivity contribution in [2.45, 2.75) is 11.1 Å². The summed E-state index contributed by atoms with van der Waals surface area (Å²) in [6, 6.07) is 12.1. The van der Waals surface area contributed by atoms with Crippen molar-refractivity contribution in [1.29, 1.82) is 0 Å². The molecule has 3 aromatic rings. The molecule has 3 nitrogen and oxygen atoms in total. The molecule has 0 unspecified atom stereocenters. The molecule has 114 valence electrons. The number of fused-ring (bicyclic) bond motifs is 1. The molecule has 3 rings (SSSR count). The van der Waals surface area contributed by atoms with E-state index in [4.69, 9.17) is 0 Å². The lowest BCUT2D eigenvalue weighted by atomic mass is 10.1. The Hall–Kier alpha value is -2.28. The Morgan fingerprint density at radius 3 is 2.23 bits per heavy atom. The summed E-state index contributed by atoms with van der Waals surface area (Å²) in [6.45, 7) is 0. The van der Waals surface area contributed by atoms with Crippen molar-refractivity contribution in [3.8, 4) is 0 Å². The van der Waals surface area contributed by atoms with E-state index in [-0.39, 0.29) is 10.4 Å². The molecule has 0 saturated heterocycles. The fourth-order valence-electron chi connectivity index (χ4n) is 2.20. The van der Waals surface area contributed by atoms with Gasteiger partial charge in [0.1, 0.15) is 0 Å². The summed E-state index contributed by atoms with van der Waals surface area (Å²) in [5.74, 6) is 0. The Kier molecular flexibility index (Phi) is 3.25. The Labute approximate surface area is 124 Å². The highest BCUT2D eigenvalue weighted by Gasteiger charge is 2.31. The molecule has 0 aliphatic carbocycles. The molecule has 0 amide bonds. The Morgan fingerprint density at radius 1 is 0.909 bits per heavy atom. The lowest BCUT2D eigenvalue weighted by Crippen LogP contribution is -2.12. The minimum absolute atomic E-state index is 0.00122. The second kappa shape index (κ2) is 4.88. The van der Waals surface area contributed by atoms with Crippen molar-refractivity contribution in [2.24, 2.45) is 0 Å². The molecule has 0 aliphatic rings. The summed E-state index contributed by atoms with van der Waals surface area (Å²) in [6.07, 6.45) is -3.27. The molecule has 0 spiro atoms. The quantitative estimate of drug-likeness (QED) is 0.717. The van der Waals surface area contributed by atoms with E-state index >= 15 is 0 Å². The van der Waals surface area contributed by atoms with Crippen LogP contribution < -0.4 is 0 Å². The minimum atomic E-state index is -4.53. The highest BCUT2D eigenvalue weighted by molar-refractivity contribution is 7.90. The predicted octanol–water partition coefficient (Wildman–Crippen LogP) is 3.90. The van der Waals surface area contributed by atoms with Crippen molar-refractivity contribution in [3.05, 3.63) is 66.4 Å². The molecule has 0 saturated carbocycles. The number of nitrogens with zero attached hydrogens (tertiary/aromatic N) is 1. The third-order valence-electron chi connectivity index (χ3n) is 3.28. The lowest BCUT2D eigenvalue weighted by Gasteiger charge is -2.10. The number of benzene rings is 2. The van der Waals surface area contributed by atoms with Crippen LogP contribution in [0.15, 0.2) is 65.7 Å². The topological polar surface area (TPSA) is 39.1 Å². The monoisotopic (exact) mass is 325 g/mol. The van der Waals surface area contributed by atoms with Gasteiger partial charge in [0.2, 0.25) is 0 Å². The summed E-state index contributed by atoms with van der Waals surface area (Å²) in [5, 5.41) is 0.424. The summed E-state index contributed by atoms with van der Waals surface area (Å²) in [4.78, 5) is 0.0184. The van der Waals surface area contributed by atoms with E-state index in [1.54, 1.807) is 18.2 Å². The number of rotatable bonds is 2. The van der Waals surface area contributed by atoms with E-state index in [0.29, 0.717) is 5.39 Å². The SMILES string of the molecule is O=S(=O)(c1ccccc1)n1ccc2ccc(C(F)(F)F)cc21. The minimum Gasteiger partial charge on any atom is -0.241 e. The molecule has 0 N–H and O–H groups in total. The van der Waals surface area contributed by atoms with Crippen molar-refractivity contribution in [1.82, 2.24) is 3.97 Å². The smallest absolute Gasteiger partial charge is 0.241 e. The first kappa shape index (κ1) is 14.6. The average molecular weight is 325 g/mol. The number of aromatic nitrogens is 1. The molecule has 7 heteroatoms. The second-order valence-electron chi connectivity index (χ2n) is 4.70. The predicted molar refractivity (Wildman–Crippen MR) is 76.0 cm³/mol. The molecule has 0 radical (unpaired) electrons. The van der Waals surface area contributed by atoms with Crippen LogP contribution in [0, 0.1) is 0 Å². The van der Waals surface area contributed by atoms with Gasteiger partial charge in [-0.15, -0.1) is 0 Å². The second-order valence-corrected chi connectivity index (χ2v) is 6.52. The summed E-state index contributed by atoms with van der Waals surface area (Å²) >= 11 is 0. The van der Waals surface area contributed by atoms with E-state index in [0.717, 1.165) is 16.1 Å². The van der Waals surface area contributed by atoms with Crippen LogP contribution in [0.4, 0.5) is 13.2 Å². The first-order valence-corrected chi connectivity index (χ1v) is 7.73. The first-order valence-electron chi connectivity index (χ1n) is 6.29. The van der Waals surface area contributed by atoms with Crippen molar-refractivity contribution < 1.29 is 21.6 Å². The molecular weight excluding hydrogens is 315 g/mol. The number of halogens is 3. The highest BCUT2D eigenvalue weighted by atomic mass is 32.2. The molecule has 0 bridgehead atoms. The molecule has 1 heterocycles. The molecular formula is C15H10F3NO2S. The average Bonchev–Trinajstić information content (AvgIpc) is 2.91. The van der Waals surface area contributed by atoms with Gasteiger partial charge in [-0.2, -0.15) is 13.2 Å². The standard InChI is InChI=1S/C15H10F3NO2S/c16-15(17,18)12-7-6-11-8-9-19(14(11)10-12)22(20,21)13-4-2-1-3-5-13/h1-10H. The fourth-order valence-corrected chi connectivity index (χ4v) is 3.56. The zero-order valence-electron chi connectivity index (χ0n) is 11.1. The number of hydrogen-bond donors (Lipinski definition) is 0. The summed E-state index contributed by atoms with van der Waals surface area (Å²) in [7, 11) is -3.94. The van der Waals surface area contributed by atoms with Crippen molar-refractivity contribution in [2.75, 3.05) is 0 Å². The molecule has 0 atom stereocenters. The molecule has 22 heavy (non-hydrogen) atoms. The van der Waals surface area contributed by atoms with E-state index in [1.165, 1.54) is 30.5 Å². The third kappa shape index (κ3) is 2.37. The largest absolute Gasteiger partial charge is 0.416 e. The van der Waals surface area contributed by atoms with Crippen LogP contribution in [-0.4, -0.2) is 12.4 Å². The van der Waals surface area contributed by atoms with E-state index in [1.807, 2.05) is 0 Å². The van der Waals surface area contributed by atoms with Gasteiger partial charge >= 0.3 is 6.18 Å². The van der Waals surface area contributed by atoms with Gasteiger partial charge in [-0.25, -0.2) is 12.4 Å². The Bertz CT molecular complexity index is 928. The maximum Gasteiger partial charge on any atom is 0.416 e. The Morgan fingerprint density at radius 2 is 1.59 bits per heavy atom.